The molecule has 3 rings (SSSR count). The second kappa shape index (κ2) is 12.6. The molecule has 37 heavy (non-hydrogen) atoms. The van der Waals surface area contributed by atoms with E-state index in [1.165, 1.54) is 30.2 Å². The molecule has 1 unspecified atom stereocenters. The Morgan fingerprint density at radius 2 is 1.70 bits per heavy atom. The first-order valence-electron chi connectivity index (χ1n) is 11.8. The van der Waals surface area contributed by atoms with Crippen LogP contribution in [0.3, 0.4) is 0 Å². The molecule has 12 heteroatoms. The number of benzene rings is 2. The Labute approximate surface area is 232 Å². The summed E-state index contributed by atoms with van der Waals surface area (Å²) in [6.07, 6.45) is 4.81. The molecule has 0 aromatic heterocycles. The summed E-state index contributed by atoms with van der Waals surface area (Å²) in [6.45, 7) is 0.949. The van der Waals surface area contributed by atoms with E-state index in [0.717, 1.165) is 36.2 Å². The highest BCUT2D eigenvalue weighted by Gasteiger charge is 2.32. The minimum Gasteiger partial charge on any atom is -0.495 e. The van der Waals surface area contributed by atoms with Crippen molar-refractivity contribution in [2.24, 2.45) is 0 Å². The number of nitrogens with zero attached hydrogens (tertiary/aromatic N) is 2. The van der Waals surface area contributed by atoms with Crippen LogP contribution in [0.4, 0.5) is 5.69 Å². The fourth-order valence-electron chi connectivity index (χ4n) is 4.25. The number of rotatable bonds is 10. The van der Waals surface area contributed by atoms with Gasteiger partial charge in [-0.15, -0.1) is 0 Å². The number of carbonyl (C=O) groups is 2. The number of hydrogen-bond acceptors (Lipinski definition) is 5. The van der Waals surface area contributed by atoms with Crippen molar-refractivity contribution in [2.45, 2.75) is 51.2 Å². The molecule has 1 saturated carbocycles. The lowest BCUT2D eigenvalue weighted by Crippen LogP contribution is -2.52. The molecule has 0 bridgehead atoms. The molecule has 0 aliphatic heterocycles. The molecule has 0 heterocycles. The Bertz CT molecular complexity index is 1230. The molecule has 202 valence electrons. The molecule has 1 aliphatic carbocycles. The monoisotopic (exact) mass is 589 g/mol. The minimum absolute atomic E-state index is 0.0461. The lowest BCUT2D eigenvalue weighted by Gasteiger charge is -2.32. The van der Waals surface area contributed by atoms with Crippen molar-refractivity contribution >= 4 is 62.3 Å². The first-order chi connectivity index (χ1) is 17.4. The van der Waals surface area contributed by atoms with E-state index in [-0.39, 0.29) is 29.2 Å². The maximum atomic E-state index is 13.7. The summed E-state index contributed by atoms with van der Waals surface area (Å²) in [4.78, 5) is 28.1. The van der Waals surface area contributed by atoms with Gasteiger partial charge in [-0.3, -0.25) is 13.9 Å². The van der Waals surface area contributed by atoms with Gasteiger partial charge in [-0.1, -0.05) is 53.7 Å². The van der Waals surface area contributed by atoms with Crippen LogP contribution in [-0.2, 0) is 26.2 Å². The number of amides is 2. The zero-order valence-electron chi connectivity index (χ0n) is 20.8. The van der Waals surface area contributed by atoms with Gasteiger partial charge in [-0.05, 0) is 50.1 Å². The number of ether oxygens (including phenoxy) is 1. The zero-order valence-corrected chi connectivity index (χ0v) is 23.9. The predicted molar refractivity (Wildman–Crippen MR) is 147 cm³/mol. The third-order valence-electron chi connectivity index (χ3n) is 6.36. The quantitative estimate of drug-likeness (QED) is 0.425. The maximum absolute atomic E-state index is 13.7. The van der Waals surface area contributed by atoms with E-state index in [0.29, 0.717) is 21.4 Å². The van der Waals surface area contributed by atoms with E-state index in [4.69, 9.17) is 39.5 Å². The molecule has 8 nitrogen and oxygen atoms in total. The van der Waals surface area contributed by atoms with Crippen molar-refractivity contribution in [3.63, 3.8) is 0 Å². The van der Waals surface area contributed by atoms with Crippen molar-refractivity contribution in [3.8, 4) is 5.75 Å². The second-order valence-electron chi connectivity index (χ2n) is 8.98. The van der Waals surface area contributed by atoms with Crippen molar-refractivity contribution in [2.75, 3.05) is 24.2 Å². The predicted octanol–water partition coefficient (Wildman–Crippen LogP) is 4.90. The van der Waals surface area contributed by atoms with E-state index >= 15 is 0 Å². The van der Waals surface area contributed by atoms with Crippen molar-refractivity contribution in [1.82, 2.24) is 10.2 Å². The molecule has 0 radical (unpaired) electrons. The Morgan fingerprint density at radius 1 is 1.08 bits per heavy atom. The Balaban J connectivity index is 1.94. The van der Waals surface area contributed by atoms with Gasteiger partial charge in [-0.2, -0.15) is 0 Å². The molecule has 2 aromatic carbocycles. The van der Waals surface area contributed by atoms with Crippen LogP contribution in [0.1, 0.15) is 38.2 Å². The van der Waals surface area contributed by atoms with Crippen molar-refractivity contribution in [3.05, 3.63) is 57.0 Å². The second-order valence-corrected chi connectivity index (χ2v) is 12.1. The summed E-state index contributed by atoms with van der Waals surface area (Å²) >= 11 is 18.9. The van der Waals surface area contributed by atoms with Gasteiger partial charge in [0.05, 0.1) is 24.1 Å². The average Bonchev–Trinajstić information content (AvgIpc) is 3.34. The molecule has 1 fully saturated rings. The maximum Gasteiger partial charge on any atom is 0.244 e. The van der Waals surface area contributed by atoms with Crippen LogP contribution in [0.5, 0.6) is 5.75 Å². The molecule has 2 amide bonds. The Kier molecular flexibility index (Phi) is 9.97. The van der Waals surface area contributed by atoms with Crippen LogP contribution >= 0.6 is 34.8 Å². The van der Waals surface area contributed by atoms with Crippen LogP contribution in [0, 0.1) is 0 Å². The number of sulfonamides is 1. The minimum atomic E-state index is -3.90. The summed E-state index contributed by atoms with van der Waals surface area (Å²) in [7, 11) is -2.46. The average molecular weight is 591 g/mol. The van der Waals surface area contributed by atoms with Crippen molar-refractivity contribution in [1.29, 1.82) is 0 Å². The van der Waals surface area contributed by atoms with Crippen LogP contribution < -0.4 is 14.4 Å². The first-order valence-corrected chi connectivity index (χ1v) is 14.7. The van der Waals surface area contributed by atoms with Gasteiger partial charge >= 0.3 is 0 Å². The van der Waals surface area contributed by atoms with Gasteiger partial charge in [-0.25, -0.2) is 8.42 Å². The number of carbonyl (C=O) groups excluding carboxylic acids is 2. The normalized spacial score (nSPS) is 14.8. The number of anilines is 1. The Hall–Kier alpha value is -2.20. The molecule has 1 N–H and O–H groups in total. The highest BCUT2D eigenvalue weighted by atomic mass is 35.5. The molecule has 1 aliphatic rings. The lowest BCUT2D eigenvalue weighted by molar-refractivity contribution is -0.139. The summed E-state index contributed by atoms with van der Waals surface area (Å²) in [5.74, 6) is -0.582. The van der Waals surface area contributed by atoms with E-state index in [2.05, 4.69) is 5.32 Å². The summed E-state index contributed by atoms with van der Waals surface area (Å²) in [6, 6.07) is 8.48. The Morgan fingerprint density at radius 3 is 2.24 bits per heavy atom. The van der Waals surface area contributed by atoms with Gasteiger partial charge in [0.2, 0.25) is 21.8 Å². The first kappa shape index (κ1) is 29.4. The van der Waals surface area contributed by atoms with Crippen molar-refractivity contribution < 1.29 is 22.7 Å². The molecule has 0 spiro atoms. The number of methoxy groups -OCH3 is 1. The number of nitrogens with one attached hydrogen (secondary N) is 1. The molecular formula is C25H30Cl3N3O5S. The van der Waals surface area contributed by atoms with Gasteiger partial charge in [0, 0.05) is 28.2 Å². The van der Waals surface area contributed by atoms with Crippen LogP contribution in [0.2, 0.25) is 15.1 Å². The fraction of sp³-hybridized carbons (Fsp3) is 0.440. The topological polar surface area (TPSA) is 96.0 Å². The molecular weight excluding hydrogens is 561 g/mol. The zero-order chi connectivity index (χ0) is 27.3. The third-order valence-corrected chi connectivity index (χ3v) is 8.51. The van der Waals surface area contributed by atoms with E-state index in [9.17, 15) is 18.0 Å². The summed E-state index contributed by atoms with van der Waals surface area (Å²) in [5.41, 5.74) is 0.638. The lowest BCUT2D eigenvalue weighted by atomic mass is 10.1. The van der Waals surface area contributed by atoms with Crippen LogP contribution in [0.25, 0.3) is 0 Å². The molecule has 1 atom stereocenters. The SMILES string of the molecule is COc1ccc(N(CC(=O)N(Cc2c(Cl)cccc2Cl)C(C)C(=O)NC2CCCC2)S(C)(=O)=O)cc1Cl. The number of hydrogen-bond donors (Lipinski definition) is 1. The smallest absolute Gasteiger partial charge is 0.244 e. The van der Waals surface area contributed by atoms with E-state index in [1.807, 2.05) is 0 Å². The van der Waals surface area contributed by atoms with Gasteiger partial charge in [0.1, 0.15) is 18.3 Å². The fourth-order valence-corrected chi connectivity index (χ4v) is 5.86. The standard InChI is InChI=1S/C25H30Cl3N3O5S/c1-16(25(33)29-17-7-4-5-8-17)30(14-19-20(26)9-6-10-21(19)27)24(32)15-31(37(3,34)35)18-11-12-23(36-2)22(28)13-18/h6,9-13,16-17H,4-5,7-8,14-15H2,1-3H3,(H,29,33). The van der Waals surface area contributed by atoms with Crippen LogP contribution in [-0.4, -0.2) is 57.1 Å². The largest absolute Gasteiger partial charge is 0.495 e. The van der Waals surface area contributed by atoms with Crippen LogP contribution in [0.15, 0.2) is 36.4 Å². The molecule has 2 aromatic rings. The highest BCUT2D eigenvalue weighted by molar-refractivity contribution is 7.92. The third kappa shape index (κ3) is 7.44. The van der Waals surface area contributed by atoms with E-state index < -0.39 is 28.5 Å². The van der Waals surface area contributed by atoms with Gasteiger partial charge in [0.15, 0.2) is 0 Å². The van der Waals surface area contributed by atoms with E-state index in [1.54, 1.807) is 25.1 Å². The summed E-state index contributed by atoms with van der Waals surface area (Å²) < 4.78 is 31.5. The summed E-state index contributed by atoms with van der Waals surface area (Å²) in [5, 5.41) is 3.85. The highest BCUT2D eigenvalue weighted by Crippen LogP contribution is 2.31. The van der Waals surface area contributed by atoms with Gasteiger partial charge in [0.25, 0.3) is 0 Å². The number of halogens is 3. The molecule has 0 saturated heterocycles. The van der Waals surface area contributed by atoms with Gasteiger partial charge < -0.3 is 15.0 Å².